The average Bonchev–Trinajstić information content (AvgIpc) is 2.37. The van der Waals surface area contributed by atoms with Gasteiger partial charge in [-0.2, -0.15) is 4.98 Å². The minimum atomic E-state index is -0.954. The highest BCUT2D eigenvalue weighted by Gasteiger charge is 2.13. The SMILES string of the molecule is Cc1cc(C)c(-n2ccc(=O)nc2SCC(=O)O)c(Br)c1. The van der Waals surface area contributed by atoms with Crippen LogP contribution in [-0.2, 0) is 4.79 Å². The van der Waals surface area contributed by atoms with Gasteiger partial charge in [-0.05, 0) is 47.0 Å². The van der Waals surface area contributed by atoms with E-state index < -0.39 is 5.97 Å². The number of carbonyl (C=O) groups is 1. The van der Waals surface area contributed by atoms with Gasteiger partial charge in [0.2, 0.25) is 0 Å². The molecule has 0 spiro atoms. The lowest BCUT2D eigenvalue weighted by atomic mass is 10.1. The zero-order valence-electron chi connectivity index (χ0n) is 11.5. The van der Waals surface area contributed by atoms with Crippen molar-refractivity contribution in [3.05, 3.63) is 50.3 Å². The maximum absolute atomic E-state index is 11.4. The zero-order valence-corrected chi connectivity index (χ0v) is 13.9. The first-order valence-electron chi connectivity index (χ1n) is 6.10. The number of carboxylic acid groups (broad SMARTS) is 1. The Hall–Kier alpha value is -1.60. The second-order valence-electron chi connectivity index (χ2n) is 4.51. The van der Waals surface area contributed by atoms with Crippen LogP contribution in [0.25, 0.3) is 5.69 Å². The highest BCUT2D eigenvalue weighted by atomic mass is 79.9. The third-order valence-electron chi connectivity index (χ3n) is 2.74. The Morgan fingerprint density at radius 2 is 2.14 bits per heavy atom. The summed E-state index contributed by atoms with van der Waals surface area (Å²) in [7, 11) is 0. The summed E-state index contributed by atoms with van der Waals surface area (Å²) < 4.78 is 2.59. The van der Waals surface area contributed by atoms with Crippen LogP contribution in [0.3, 0.4) is 0 Å². The summed E-state index contributed by atoms with van der Waals surface area (Å²) in [6, 6.07) is 5.34. The number of nitrogens with zero attached hydrogens (tertiary/aromatic N) is 2. The first-order chi connectivity index (χ1) is 9.88. The van der Waals surface area contributed by atoms with Gasteiger partial charge in [-0.3, -0.25) is 14.2 Å². The van der Waals surface area contributed by atoms with Crippen molar-refractivity contribution >= 4 is 33.7 Å². The Morgan fingerprint density at radius 1 is 1.43 bits per heavy atom. The van der Waals surface area contributed by atoms with E-state index in [0.29, 0.717) is 5.16 Å². The van der Waals surface area contributed by atoms with Crippen LogP contribution in [0.5, 0.6) is 0 Å². The van der Waals surface area contributed by atoms with Gasteiger partial charge in [0.1, 0.15) is 0 Å². The molecule has 7 heteroatoms. The minimum absolute atomic E-state index is 0.154. The van der Waals surface area contributed by atoms with Crippen molar-refractivity contribution in [2.45, 2.75) is 19.0 Å². The molecular formula is C14H13BrN2O3S. The molecule has 2 aromatic rings. The van der Waals surface area contributed by atoms with Crippen LogP contribution < -0.4 is 5.56 Å². The first-order valence-corrected chi connectivity index (χ1v) is 7.88. The highest BCUT2D eigenvalue weighted by molar-refractivity contribution is 9.10. The number of aryl methyl sites for hydroxylation is 2. The molecular weight excluding hydrogens is 356 g/mol. The van der Waals surface area contributed by atoms with Gasteiger partial charge in [0.25, 0.3) is 5.56 Å². The number of hydrogen-bond acceptors (Lipinski definition) is 4. The summed E-state index contributed by atoms with van der Waals surface area (Å²) in [4.78, 5) is 26.1. The lowest BCUT2D eigenvalue weighted by Crippen LogP contribution is -2.14. The number of carboxylic acids is 1. The van der Waals surface area contributed by atoms with Crippen LogP contribution in [0, 0.1) is 13.8 Å². The molecule has 1 aromatic carbocycles. The van der Waals surface area contributed by atoms with Crippen LogP contribution in [0.2, 0.25) is 0 Å². The number of halogens is 1. The fourth-order valence-electron chi connectivity index (χ4n) is 2.00. The van der Waals surface area contributed by atoms with Gasteiger partial charge in [0, 0.05) is 16.7 Å². The molecule has 0 fully saturated rings. The van der Waals surface area contributed by atoms with E-state index in [-0.39, 0.29) is 11.3 Å². The molecule has 0 aliphatic rings. The van der Waals surface area contributed by atoms with Gasteiger partial charge in [-0.1, -0.05) is 17.8 Å². The molecule has 0 amide bonds. The number of aliphatic carboxylic acids is 1. The quantitative estimate of drug-likeness (QED) is 0.663. The van der Waals surface area contributed by atoms with Crippen molar-refractivity contribution < 1.29 is 9.90 Å². The zero-order chi connectivity index (χ0) is 15.6. The minimum Gasteiger partial charge on any atom is -0.481 e. The molecule has 2 rings (SSSR count). The Bertz CT molecular complexity index is 735. The molecule has 0 saturated carbocycles. The Morgan fingerprint density at radius 3 is 2.76 bits per heavy atom. The fourth-order valence-corrected chi connectivity index (χ4v) is 3.56. The van der Waals surface area contributed by atoms with E-state index in [2.05, 4.69) is 20.9 Å². The van der Waals surface area contributed by atoms with Crippen molar-refractivity contribution in [3.8, 4) is 5.69 Å². The first kappa shape index (κ1) is 15.8. The van der Waals surface area contributed by atoms with Crippen molar-refractivity contribution in [1.82, 2.24) is 9.55 Å². The largest absolute Gasteiger partial charge is 0.481 e. The molecule has 1 N–H and O–H groups in total. The van der Waals surface area contributed by atoms with Crippen molar-refractivity contribution in [1.29, 1.82) is 0 Å². The Labute approximate surface area is 134 Å². The number of hydrogen-bond donors (Lipinski definition) is 1. The van der Waals surface area contributed by atoms with Crippen molar-refractivity contribution in [2.75, 3.05) is 5.75 Å². The predicted octanol–water partition coefficient (Wildman–Crippen LogP) is 2.79. The number of benzene rings is 1. The molecule has 0 saturated heterocycles. The number of rotatable bonds is 4. The lowest BCUT2D eigenvalue weighted by molar-refractivity contribution is -0.133. The van der Waals surface area contributed by atoms with Gasteiger partial charge in [-0.25, -0.2) is 0 Å². The van der Waals surface area contributed by atoms with E-state index in [0.717, 1.165) is 33.0 Å². The summed E-state index contributed by atoms with van der Waals surface area (Å²) in [5.41, 5.74) is 2.57. The monoisotopic (exact) mass is 368 g/mol. The average molecular weight is 369 g/mol. The van der Waals surface area contributed by atoms with Gasteiger partial charge < -0.3 is 5.11 Å². The second-order valence-corrected chi connectivity index (χ2v) is 6.31. The fraction of sp³-hybridized carbons (Fsp3) is 0.214. The van der Waals surface area contributed by atoms with Crippen LogP contribution in [0.15, 0.2) is 38.8 Å². The predicted molar refractivity (Wildman–Crippen MR) is 85.4 cm³/mol. The van der Waals surface area contributed by atoms with E-state index in [4.69, 9.17) is 5.11 Å². The maximum Gasteiger partial charge on any atom is 0.313 e. The topological polar surface area (TPSA) is 72.2 Å². The van der Waals surface area contributed by atoms with E-state index in [1.54, 1.807) is 10.8 Å². The number of thioether (sulfide) groups is 1. The van der Waals surface area contributed by atoms with E-state index >= 15 is 0 Å². The third kappa shape index (κ3) is 3.74. The van der Waals surface area contributed by atoms with Gasteiger partial charge >= 0.3 is 5.97 Å². The molecule has 21 heavy (non-hydrogen) atoms. The van der Waals surface area contributed by atoms with Crippen LogP contribution in [-0.4, -0.2) is 26.4 Å². The van der Waals surface area contributed by atoms with E-state index in [1.165, 1.54) is 6.07 Å². The summed E-state index contributed by atoms with van der Waals surface area (Å²) >= 11 is 4.53. The lowest BCUT2D eigenvalue weighted by Gasteiger charge is -2.16. The molecule has 0 atom stereocenters. The van der Waals surface area contributed by atoms with E-state index in [1.807, 2.05) is 26.0 Å². The Kier molecular flexibility index (Phi) is 4.84. The van der Waals surface area contributed by atoms with E-state index in [9.17, 15) is 9.59 Å². The summed E-state index contributed by atoms with van der Waals surface area (Å²) in [6.07, 6.45) is 1.61. The number of aromatic nitrogens is 2. The normalized spacial score (nSPS) is 10.6. The van der Waals surface area contributed by atoms with Gasteiger partial charge in [0.05, 0.1) is 11.4 Å². The molecule has 1 aromatic heterocycles. The summed E-state index contributed by atoms with van der Waals surface area (Å²) in [5, 5.41) is 9.16. The standard InChI is InChI=1S/C14H13BrN2O3S/c1-8-5-9(2)13(10(15)6-8)17-4-3-11(18)16-14(17)21-7-12(19)20/h3-6H,7H2,1-2H3,(H,19,20). The smallest absolute Gasteiger partial charge is 0.313 e. The van der Waals surface area contributed by atoms with Crippen LogP contribution in [0.1, 0.15) is 11.1 Å². The van der Waals surface area contributed by atoms with Gasteiger partial charge in [0.15, 0.2) is 5.16 Å². The molecule has 1 heterocycles. The third-order valence-corrected chi connectivity index (χ3v) is 4.28. The molecule has 0 unspecified atom stereocenters. The molecule has 5 nitrogen and oxygen atoms in total. The Balaban J connectivity index is 2.58. The summed E-state index contributed by atoms with van der Waals surface area (Å²) in [5.74, 6) is -1.11. The molecule has 0 bridgehead atoms. The second kappa shape index (κ2) is 6.44. The molecule has 0 radical (unpaired) electrons. The van der Waals surface area contributed by atoms with Crippen LogP contribution >= 0.6 is 27.7 Å². The van der Waals surface area contributed by atoms with Crippen LogP contribution in [0.4, 0.5) is 0 Å². The highest BCUT2D eigenvalue weighted by Crippen LogP contribution is 2.29. The van der Waals surface area contributed by atoms with Crippen molar-refractivity contribution in [3.63, 3.8) is 0 Å². The molecule has 0 aliphatic carbocycles. The molecule has 110 valence electrons. The summed E-state index contributed by atoms with van der Waals surface area (Å²) in [6.45, 7) is 3.95. The van der Waals surface area contributed by atoms with Gasteiger partial charge in [-0.15, -0.1) is 0 Å². The molecule has 0 aliphatic heterocycles. The van der Waals surface area contributed by atoms with Crippen molar-refractivity contribution in [2.24, 2.45) is 0 Å². The maximum atomic E-state index is 11.4.